The average molecular weight is 432 g/mol. The van der Waals surface area contributed by atoms with Crippen LogP contribution in [0.2, 0.25) is 5.02 Å². The fourth-order valence-corrected chi connectivity index (χ4v) is 3.54. The molecule has 1 aliphatic rings. The van der Waals surface area contributed by atoms with Gasteiger partial charge < -0.3 is 20.5 Å². The van der Waals surface area contributed by atoms with E-state index in [2.05, 4.69) is 5.32 Å². The van der Waals surface area contributed by atoms with Gasteiger partial charge in [-0.2, -0.15) is 0 Å². The summed E-state index contributed by atoms with van der Waals surface area (Å²) in [6.07, 6.45) is 1.48. The summed E-state index contributed by atoms with van der Waals surface area (Å²) in [5.41, 5.74) is 7.44. The molecule has 2 aromatic carbocycles. The number of hydrogen-bond donors (Lipinski definition) is 2. The van der Waals surface area contributed by atoms with Crippen LogP contribution in [-0.2, 0) is 16.1 Å². The van der Waals surface area contributed by atoms with E-state index in [1.165, 1.54) is 13.2 Å². The van der Waals surface area contributed by atoms with Crippen molar-refractivity contribution in [3.8, 4) is 5.75 Å². The van der Waals surface area contributed by atoms with Gasteiger partial charge in [-0.3, -0.25) is 14.5 Å². The number of carbonyl (C=O) groups is 2. The number of ether oxygens (including phenoxy) is 2. The Balaban J connectivity index is 1.45. The molecule has 7 nitrogen and oxygen atoms in total. The first-order valence-corrected chi connectivity index (χ1v) is 10.2. The van der Waals surface area contributed by atoms with E-state index in [4.69, 9.17) is 26.8 Å². The summed E-state index contributed by atoms with van der Waals surface area (Å²) in [5, 5.41) is 3.33. The Hall–Kier alpha value is -2.77. The van der Waals surface area contributed by atoms with Gasteiger partial charge in [0.1, 0.15) is 12.4 Å². The minimum Gasteiger partial charge on any atom is -0.496 e. The number of benzene rings is 2. The van der Waals surface area contributed by atoms with E-state index >= 15 is 0 Å². The van der Waals surface area contributed by atoms with E-state index in [-0.39, 0.29) is 31.1 Å². The third kappa shape index (κ3) is 5.87. The maximum Gasteiger partial charge on any atom is 0.320 e. The summed E-state index contributed by atoms with van der Waals surface area (Å²) in [4.78, 5) is 26.8. The van der Waals surface area contributed by atoms with E-state index in [1.54, 1.807) is 6.07 Å². The van der Waals surface area contributed by atoms with E-state index in [0.29, 0.717) is 35.1 Å². The molecule has 1 saturated heterocycles. The molecule has 0 spiro atoms. The van der Waals surface area contributed by atoms with Gasteiger partial charge in [-0.05, 0) is 24.5 Å². The molecular weight excluding hydrogens is 406 g/mol. The zero-order valence-electron chi connectivity index (χ0n) is 16.9. The van der Waals surface area contributed by atoms with Crippen LogP contribution in [0, 0.1) is 0 Å². The van der Waals surface area contributed by atoms with Gasteiger partial charge in [0.2, 0.25) is 0 Å². The maximum atomic E-state index is 12.7. The summed E-state index contributed by atoms with van der Waals surface area (Å²) >= 11 is 6.05. The molecule has 0 aliphatic carbocycles. The molecule has 0 unspecified atom stereocenters. The number of piperidine rings is 1. The molecule has 0 saturated carbocycles. The third-order valence-corrected chi connectivity index (χ3v) is 5.41. The summed E-state index contributed by atoms with van der Waals surface area (Å²) in [5.74, 6) is -0.120. The molecule has 1 amide bonds. The predicted molar refractivity (Wildman–Crippen MR) is 116 cm³/mol. The van der Waals surface area contributed by atoms with E-state index in [0.717, 1.165) is 18.4 Å². The Morgan fingerprint density at radius 2 is 1.90 bits per heavy atom. The number of esters is 1. The summed E-state index contributed by atoms with van der Waals surface area (Å²) in [6, 6.07) is 12.7. The lowest BCUT2D eigenvalue weighted by Gasteiger charge is -2.31. The Morgan fingerprint density at radius 1 is 1.20 bits per heavy atom. The molecule has 2 aromatic rings. The number of hydrogen-bond acceptors (Lipinski definition) is 6. The Morgan fingerprint density at radius 3 is 2.57 bits per heavy atom. The van der Waals surface area contributed by atoms with Gasteiger partial charge in [0.25, 0.3) is 5.91 Å². The van der Waals surface area contributed by atoms with Crippen LogP contribution in [0.5, 0.6) is 5.75 Å². The van der Waals surface area contributed by atoms with Crippen LogP contribution in [-0.4, -0.2) is 49.6 Å². The zero-order chi connectivity index (χ0) is 21.5. The second-order valence-corrected chi connectivity index (χ2v) is 7.65. The number of amides is 1. The maximum absolute atomic E-state index is 12.7. The summed E-state index contributed by atoms with van der Waals surface area (Å²) in [6.45, 7) is 1.92. The highest BCUT2D eigenvalue weighted by molar-refractivity contribution is 6.33. The lowest BCUT2D eigenvalue weighted by atomic mass is 10.0. The van der Waals surface area contributed by atoms with Gasteiger partial charge in [0.05, 0.1) is 29.9 Å². The van der Waals surface area contributed by atoms with Gasteiger partial charge in [-0.25, -0.2) is 0 Å². The van der Waals surface area contributed by atoms with Crippen LogP contribution < -0.4 is 15.8 Å². The minimum atomic E-state index is -0.255. The molecule has 1 fully saturated rings. The average Bonchev–Trinajstić information content (AvgIpc) is 2.76. The molecule has 30 heavy (non-hydrogen) atoms. The number of nitrogens with two attached hydrogens (primary N) is 1. The number of carbonyl (C=O) groups excluding carboxylic acids is 2. The topological polar surface area (TPSA) is 93.9 Å². The smallest absolute Gasteiger partial charge is 0.320 e. The predicted octanol–water partition coefficient (Wildman–Crippen LogP) is 2.87. The fourth-order valence-electron chi connectivity index (χ4n) is 3.38. The van der Waals surface area contributed by atoms with Gasteiger partial charge in [-0.15, -0.1) is 0 Å². The van der Waals surface area contributed by atoms with Crippen molar-refractivity contribution in [3.05, 3.63) is 58.6 Å². The normalized spacial score (nSPS) is 14.9. The first-order valence-electron chi connectivity index (χ1n) is 9.82. The number of likely N-dealkylation sites (tertiary alicyclic amines) is 1. The van der Waals surface area contributed by atoms with Crippen molar-refractivity contribution in [2.45, 2.75) is 25.5 Å². The molecular formula is C22H26ClN3O4. The van der Waals surface area contributed by atoms with Crippen molar-refractivity contribution in [2.24, 2.45) is 0 Å². The van der Waals surface area contributed by atoms with Crippen molar-refractivity contribution in [2.75, 3.05) is 32.5 Å². The standard InChI is InChI=1S/C22H26ClN3O4/c1-29-20-12-19(24)18(23)11-17(20)22(28)25-16-7-9-26(10-8-16)13-21(27)30-14-15-5-3-2-4-6-15/h2-6,11-12,16H,7-10,13-14,24H2,1H3,(H,25,28). The highest BCUT2D eigenvalue weighted by Gasteiger charge is 2.24. The molecule has 0 atom stereocenters. The first kappa shape index (κ1) is 21.9. The second-order valence-electron chi connectivity index (χ2n) is 7.24. The molecule has 3 rings (SSSR count). The van der Waals surface area contributed by atoms with E-state index in [9.17, 15) is 9.59 Å². The molecule has 0 aromatic heterocycles. The van der Waals surface area contributed by atoms with Crippen LogP contribution in [0.15, 0.2) is 42.5 Å². The molecule has 0 bridgehead atoms. The number of methoxy groups -OCH3 is 1. The lowest BCUT2D eigenvalue weighted by Crippen LogP contribution is -2.46. The molecule has 1 aliphatic heterocycles. The summed E-state index contributed by atoms with van der Waals surface area (Å²) < 4.78 is 10.6. The Kier molecular flexibility index (Phi) is 7.54. The first-order chi connectivity index (χ1) is 14.5. The largest absolute Gasteiger partial charge is 0.496 e. The number of nitrogens with one attached hydrogen (secondary N) is 1. The number of nitrogens with zero attached hydrogens (tertiary/aromatic N) is 1. The van der Waals surface area contributed by atoms with Gasteiger partial charge in [0.15, 0.2) is 0 Å². The van der Waals surface area contributed by atoms with Crippen LogP contribution in [0.25, 0.3) is 0 Å². The van der Waals surface area contributed by atoms with Crippen LogP contribution in [0.3, 0.4) is 0 Å². The molecule has 3 N–H and O–H groups in total. The lowest BCUT2D eigenvalue weighted by molar-refractivity contribution is -0.146. The van der Waals surface area contributed by atoms with Crippen molar-refractivity contribution in [1.82, 2.24) is 10.2 Å². The van der Waals surface area contributed by atoms with Crippen molar-refractivity contribution in [1.29, 1.82) is 0 Å². The Bertz CT molecular complexity index is 883. The SMILES string of the molecule is COc1cc(N)c(Cl)cc1C(=O)NC1CCN(CC(=O)OCc2ccccc2)CC1. The van der Waals surface area contributed by atoms with Crippen LogP contribution in [0.4, 0.5) is 5.69 Å². The van der Waals surface area contributed by atoms with Gasteiger partial charge in [0, 0.05) is 25.2 Å². The van der Waals surface area contributed by atoms with E-state index < -0.39 is 0 Å². The number of anilines is 1. The second kappa shape index (κ2) is 10.3. The van der Waals surface area contributed by atoms with Crippen molar-refractivity contribution in [3.63, 3.8) is 0 Å². The molecule has 1 heterocycles. The fraction of sp³-hybridized carbons (Fsp3) is 0.364. The van der Waals surface area contributed by atoms with Crippen molar-refractivity contribution < 1.29 is 19.1 Å². The van der Waals surface area contributed by atoms with Crippen molar-refractivity contribution >= 4 is 29.2 Å². The molecule has 160 valence electrons. The monoisotopic (exact) mass is 431 g/mol. The van der Waals surface area contributed by atoms with Gasteiger partial charge >= 0.3 is 5.97 Å². The van der Waals surface area contributed by atoms with Crippen LogP contribution in [0.1, 0.15) is 28.8 Å². The minimum absolute atomic E-state index is 0.00937. The molecule has 0 radical (unpaired) electrons. The zero-order valence-corrected chi connectivity index (χ0v) is 17.7. The third-order valence-electron chi connectivity index (χ3n) is 5.08. The number of rotatable bonds is 7. The summed E-state index contributed by atoms with van der Waals surface area (Å²) in [7, 11) is 1.48. The quantitative estimate of drug-likeness (QED) is 0.517. The highest BCUT2D eigenvalue weighted by atomic mass is 35.5. The number of nitrogen functional groups attached to an aromatic ring is 1. The van der Waals surface area contributed by atoms with Gasteiger partial charge in [-0.1, -0.05) is 41.9 Å². The van der Waals surface area contributed by atoms with Crippen LogP contribution >= 0.6 is 11.6 Å². The number of halogens is 1. The highest BCUT2D eigenvalue weighted by Crippen LogP contribution is 2.29. The Labute approximate surface area is 181 Å². The van der Waals surface area contributed by atoms with E-state index in [1.807, 2.05) is 35.2 Å². The molecule has 8 heteroatoms.